The van der Waals surface area contributed by atoms with Crippen LogP contribution in [0.5, 0.6) is 0 Å². The SMILES string of the molecule is C[SH](C)Nc1cccc(C(=O)NCCCNCCCCNCCCN)c1. The lowest BCUT2D eigenvalue weighted by Gasteiger charge is -2.14. The number of hydrogen-bond donors (Lipinski definition) is 6. The zero-order chi connectivity index (χ0) is 19.0. The van der Waals surface area contributed by atoms with Gasteiger partial charge in [0.05, 0.1) is 0 Å². The molecule has 0 atom stereocenters. The van der Waals surface area contributed by atoms with E-state index in [1.165, 1.54) is 12.8 Å². The highest BCUT2D eigenvalue weighted by Gasteiger charge is 2.05. The van der Waals surface area contributed by atoms with Gasteiger partial charge in [-0.25, -0.2) is 0 Å². The Bertz CT molecular complexity index is 499. The molecule has 6 N–H and O–H groups in total. The first kappa shape index (κ1) is 22.8. The Balaban J connectivity index is 2.03. The van der Waals surface area contributed by atoms with Gasteiger partial charge in [0.1, 0.15) is 0 Å². The van der Waals surface area contributed by atoms with Crippen molar-refractivity contribution in [2.24, 2.45) is 5.73 Å². The molecule has 6 nitrogen and oxygen atoms in total. The molecule has 0 spiro atoms. The summed E-state index contributed by atoms with van der Waals surface area (Å²) in [6.45, 7) is 5.48. The molecule has 0 unspecified atom stereocenters. The van der Waals surface area contributed by atoms with Crippen molar-refractivity contribution in [2.75, 3.05) is 56.5 Å². The predicted molar refractivity (Wildman–Crippen MR) is 116 cm³/mol. The third kappa shape index (κ3) is 11.4. The van der Waals surface area contributed by atoms with E-state index in [1.54, 1.807) is 0 Å². The summed E-state index contributed by atoms with van der Waals surface area (Å²) >= 11 is -0.234. The summed E-state index contributed by atoms with van der Waals surface area (Å²) < 4.78 is 3.38. The van der Waals surface area contributed by atoms with E-state index in [1.807, 2.05) is 24.3 Å². The van der Waals surface area contributed by atoms with E-state index < -0.39 is 0 Å². The number of carbonyl (C=O) groups excluding carboxylic acids is 1. The van der Waals surface area contributed by atoms with Gasteiger partial charge in [-0.3, -0.25) is 4.79 Å². The Labute approximate surface area is 161 Å². The number of unbranched alkanes of at least 4 members (excludes halogenated alkanes) is 1. The lowest BCUT2D eigenvalue weighted by atomic mass is 10.2. The fourth-order valence-electron chi connectivity index (χ4n) is 2.48. The Morgan fingerprint density at radius 1 is 0.962 bits per heavy atom. The molecular weight excluding hydrogens is 346 g/mol. The number of rotatable bonds is 15. The molecule has 7 heteroatoms. The number of thiol groups is 1. The molecular formula is C19H37N5OS. The third-order valence-corrected chi connectivity index (χ3v) is 4.51. The van der Waals surface area contributed by atoms with Crippen molar-refractivity contribution < 1.29 is 4.79 Å². The molecule has 0 radical (unpaired) electrons. The number of nitrogens with two attached hydrogens (primary N) is 1. The molecule has 0 fully saturated rings. The normalized spacial score (nSPS) is 11.3. The molecule has 0 aliphatic rings. The van der Waals surface area contributed by atoms with Crippen LogP contribution in [0.3, 0.4) is 0 Å². The van der Waals surface area contributed by atoms with Gasteiger partial charge >= 0.3 is 0 Å². The van der Waals surface area contributed by atoms with Crippen LogP contribution < -0.4 is 26.4 Å². The molecule has 0 heterocycles. The maximum Gasteiger partial charge on any atom is 0.251 e. The largest absolute Gasteiger partial charge is 0.352 e. The summed E-state index contributed by atoms with van der Waals surface area (Å²) in [5, 5.41) is 9.79. The number of anilines is 1. The molecule has 0 aliphatic heterocycles. The molecule has 0 saturated carbocycles. The Morgan fingerprint density at radius 2 is 1.62 bits per heavy atom. The van der Waals surface area contributed by atoms with Crippen LogP contribution in [-0.2, 0) is 0 Å². The summed E-state index contributed by atoms with van der Waals surface area (Å²) in [6, 6.07) is 7.69. The number of carbonyl (C=O) groups is 1. The average molecular weight is 384 g/mol. The van der Waals surface area contributed by atoms with Gasteiger partial charge < -0.3 is 26.4 Å². The molecule has 1 aromatic carbocycles. The number of hydrogen-bond acceptors (Lipinski definition) is 5. The lowest BCUT2D eigenvalue weighted by molar-refractivity contribution is 0.0953. The highest BCUT2D eigenvalue weighted by molar-refractivity contribution is 8.16. The first-order valence-electron chi connectivity index (χ1n) is 9.57. The minimum Gasteiger partial charge on any atom is -0.352 e. The van der Waals surface area contributed by atoms with Crippen molar-refractivity contribution in [3.63, 3.8) is 0 Å². The van der Waals surface area contributed by atoms with Crippen molar-refractivity contribution >= 4 is 22.7 Å². The topological polar surface area (TPSA) is 91.2 Å². The molecule has 150 valence electrons. The Morgan fingerprint density at radius 3 is 2.27 bits per heavy atom. The molecule has 1 amide bonds. The van der Waals surface area contributed by atoms with E-state index in [9.17, 15) is 4.79 Å². The van der Waals surface area contributed by atoms with E-state index in [0.717, 1.165) is 51.3 Å². The van der Waals surface area contributed by atoms with Crippen LogP contribution >= 0.6 is 11.1 Å². The average Bonchev–Trinajstić information content (AvgIpc) is 2.62. The number of nitrogens with one attached hydrogen (secondary N) is 4. The van der Waals surface area contributed by atoms with Crippen LogP contribution in [0.1, 0.15) is 36.0 Å². The van der Waals surface area contributed by atoms with E-state index in [2.05, 4.69) is 33.2 Å². The fourth-order valence-corrected chi connectivity index (χ4v) is 3.14. The van der Waals surface area contributed by atoms with Crippen LogP contribution in [0.15, 0.2) is 24.3 Å². The third-order valence-electron chi connectivity index (χ3n) is 3.81. The molecule has 1 aromatic rings. The maximum atomic E-state index is 12.2. The molecule has 26 heavy (non-hydrogen) atoms. The molecule has 0 saturated heterocycles. The van der Waals surface area contributed by atoms with Gasteiger partial charge in [0.15, 0.2) is 0 Å². The maximum absolute atomic E-state index is 12.2. The minimum atomic E-state index is -0.234. The van der Waals surface area contributed by atoms with E-state index >= 15 is 0 Å². The molecule has 1 rings (SSSR count). The Hall–Kier alpha value is -1.28. The summed E-state index contributed by atoms with van der Waals surface area (Å²) in [5.74, 6) is -0.00580. The summed E-state index contributed by atoms with van der Waals surface area (Å²) in [7, 11) is 0. The van der Waals surface area contributed by atoms with Gasteiger partial charge in [0.2, 0.25) is 0 Å². The molecule has 0 aliphatic carbocycles. The van der Waals surface area contributed by atoms with Gasteiger partial charge in [-0.1, -0.05) is 6.07 Å². The smallest absolute Gasteiger partial charge is 0.251 e. The lowest BCUT2D eigenvalue weighted by Crippen LogP contribution is -2.28. The van der Waals surface area contributed by atoms with Gasteiger partial charge in [-0.05, 0) is 89.1 Å². The van der Waals surface area contributed by atoms with Gasteiger partial charge in [-0.15, -0.1) is 0 Å². The van der Waals surface area contributed by atoms with E-state index in [-0.39, 0.29) is 17.0 Å². The fraction of sp³-hybridized carbons (Fsp3) is 0.632. The summed E-state index contributed by atoms with van der Waals surface area (Å²) in [5.41, 5.74) is 7.16. The Kier molecular flexibility index (Phi) is 13.0. The van der Waals surface area contributed by atoms with Gasteiger partial charge in [0.25, 0.3) is 5.91 Å². The number of amides is 1. The van der Waals surface area contributed by atoms with Crippen molar-refractivity contribution in [3.8, 4) is 0 Å². The zero-order valence-electron chi connectivity index (χ0n) is 16.3. The molecule has 0 aromatic heterocycles. The zero-order valence-corrected chi connectivity index (χ0v) is 17.2. The first-order valence-corrected chi connectivity index (χ1v) is 11.8. The number of benzene rings is 1. The van der Waals surface area contributed by atoms with Crippen molar-refractivity contribution in [1.29, 1.82) is 0 Å². The summed E-state index contributed by atoms with van der Waals surface area (Å²) in [4.78, 5) is 12.2. The highest BCUT2D eigenvalue weighted by Crippen LogP contribution is 2.20. The van der Waals surface area contributed by atoms with Crippen LogP contribution in [0.2, 0.25) is 0 Å². The van der Waals surface area contributed by atoms with Gasteiger partial charge in [0, 0.05) is 17.8 Å². The highest BCUT2D eigenvalue weighted by atomic mass is 32.2. The predicted octanol–water partition coefficient (Wildman–Crippen LogP) is 1.70. The van der Waals surface area contributed by atoms with Crippen molar-refractivity contribution in [3.05, 3.63) is 29.8 Å². The summed E-state index contributed by atoms with van der Waals surface area (Å²) in [6.07, 6.45) is 8.62. The minimum absolute atomic E-state index is 0.00580. The van der Waals surface area contributed by atoms with E-state index in [0.29, 0.717) is 12.1 Å². The second kappa shape index (κ2) is 14.8. The van der Waals surface area contributed by atoms with Crippen molar-refractivity contribution in [2.45, 2.75) is 25.7 Å². The second-order valence-electron chi connectivity index (χ2n) is 6.55. The quantitative estimate of drug-likeness (QED) is 0.205. The standard InChI is InChI=1S/C19H37N5OS/c1-26(2)24-18-9-5-8-17(16-18)19(25)23-15-7-14-22-12-4-3-11-21-13-6-10-20/h5,8-9,16,21-22,24,26H,3-4,6-7,10-15,20H2,1-2H3,(H,23,25). The van der Waals surface area contributed by atoms with Crippen LogP contribution in [0.25, 0.3) is 0 Å². The van der Waals surface area contributed by atoms with Crippen LogP contribution in [0.4, 0.5) is 5.69 Å². The van der Waals surface area contributed by atoms with E-state index in [4.69, 9.17) is 5.73 Å². The first-order chi connectivity index (χ1) is 12.6. The monoisotopic (exact) mass is 383 g/mol. The van der Waals surface area contributed by atoms with Crippen LogP contribution in [0, 0.1) is 0 Å². The van der Waals surface area contributed by atoms with Crippen LogP contribution in [-0.4, -0.2) is 57.7 Å². The van der Waals surface area contributed by atoms with Crippen molar-refractivity contribution in [1.82, 2.24) is 16.0 Å². The van der Waals surface area contributed by atoms with Gasteiger partial charge in [-0.2, -0.15) is 11.1 Å². The molecule has 0 bridgehead atoms. The second-order valence-corrected chi connectivity index (χ2v) is 8.56.